The van der Waals surface area contributed by atoms with Crippen molar-refractivity contribution in [3.63, 3.8) is 0 Å². The Labute approximate surface area is 213 Å². The van der Waals surface area contributed by atoms with Crippen molar-refractivity contribution in [2.75, 3.05) is 6.61 Å². The fourth-order valence-corrected chi connectivity index (χ4v) is 4.51. The summed E-state index contributed by atoms with van der Waals surface area (Å²) in [6.45, 7) is 11.1. The maximum absolute atomic E-state index is 12.3. The lowest BCUT2D eigenvalue weighted by atomic mass is 9.81. The van der Waals surface area contributed by atoms with Crippen molar-refractivity contribution < 1.29 is 24.5 Å². The minimum Gasteiger partial charge on any atom is -0.494 e. The molecule has 0 heterocycles. The van der Waals surface area contributed by atoms with E-state index in [2.05, 4.69) is 34.6 Å². The van der Waals surface area contributed by atoms with Crippen LogP contribution in [0.3, 0.4) is 0 Å². The van der Waals surface area contributed by atoms with E-state index in [-0.39, 0.29) is 0 Å². The Morgan fingerprint density at radius 2 is 1.20 bits per heavy atom. The molecule has 0 aliphatic heterocycles. The summed E-state index contributed by atoms with van der Waals surface area (Å²) in [5, 5.41) is 20.0. The van der Waals surface area contributed by atoms with Crippen molar-refractivity contribution in [3.8, 4) is 5.75 Å². The Kier molecular flexibility index (Phi) is 15.4. The van der Waals surface area contributed by atoms with Gasteiger partial charge in [-0.3, -0.25) is 9.59 Å². The van der Waals surface area contributed by atoms with Crippen LogP contribution in [0.2, 0.25) is 0 Å². The van der Waals surface area contributed by atoms with Crippen molar-refractivity contribution >= 4 is 11.9 Å². The van der Waals surface area contributed by atoms with Crippen LogP contribution in [-0.2, 0) is 9.59 Å². The summed E-state index contributed by atoms with van der Waals surface area (Å²) in [5.74, 6) is -1.86. The van der Waals surface area contributed by atoms with E-state index in [1.807, 2.05) is 6.07 Å². The second kappa shape index (κ2) is 17.4. The molecule has 1 aromatic carbocycles. The van der Waals surface area contributed by atoms with E-state index in [0.717, 1.165) is 25.7 Å². The van der Waals surface area contributed by atoms with Crippen molar-refractivity contribution in [1.29, 1.82) is 0 Å². The molecule has 2 unspecified atom stereocenters. The predicted molar refractivity (Wildman–Crippen MR) is 143 cm³/mol. The molecule has 0 radical (unpaired) electrons. The summed E-state index contributed by atoms with van der Waals surface area (Å²) in [5.41, 5.74) is 1.22. The fraction of sp³-hybridized carbons (Fsp3) is 0.733. The van der Waals surface area contributed by atoms with Gasteiger partial charge in [0.2, 0.25) is 0 Å². The van der Waals surface area contributed by atoms with Crippen LogP contribution >= 0.6 is 0 Å². The molecule has 0 aliphatic carbocycles. The molecule has 0 bridgehead atoms. The molecule has 2 N–H and O–H groups in total. The third-order valence-electron chi connectivity index (χ3n) is 6.74. The molecule has 0 amide bonds. The molecule has 0 saturated carbocycles. The van der Waals surface area contributed by atoms with Crippen molar-refractivity contribution in [3.05, 3.63) is 29.3 Å². The van der Waals surface area contributed by atoms with Crippen LogP contribution in [0.4, 0.5) is 0 Å². The quantitative estimate of drug-likeness (QED) is 0.179. The molecular weight excluding hydrogens is 440 g/mol. The first-order valence-corrected chi connectivity index (χ1v) is 13.9. The van der Waals surface area contributed by atoms with Crippen LogP contribution in [-0.4, -0.2) is 28.8 Å². The van der Waals surface area contributed by atoms with Gasteiger partial charge in [-0.2, -0.15) is 0 Å². The molecule has 0 fully saturated rings. The average molecular weight is 491 g/mol. The summed E-state index contributed by atoms with van der Waals surface area (Å²) in [6, 6.07) is 5.41. The highest BCUT2D eigenvalue weighted by Gasteiger charge is 2.29. The van der Waals surface area contributed by atoms with Crippen LogP contribution in [0.5, 0.6) is 5.75 Å². The molecule has 0 aliphatic rings. The monoisotopic (exact) mass is 490 g/mol. The first-order chi connectivity index (χ1) is 16.7. The van der Waals surface area contributed by atoms with Gasteiger partial charge in [0.25, 0.3) is 0 Å². The van der Waals surface area contributed by atoms with Gasteiger partial charge in [0.15, 0.2) is 0 Å². The van der Waals surface area contributed by atoms with Gasteiger partial charge in [-0.25, -0.2) is 0 Å². The van der Waals surface area contributed by atoms with Gasteiger partial charge in [-0.05, 0) is 67.2 Å². The molecule has 1 aromatic rings. The summed E-state index contributed by atoms with van der Waals surface area (Å²) in [7, 11) is 0. The van der Waals surface area contributed by atoms with Crippen LogP contribution < -0.4 is 4.74 Å². The van der Waals surface area contributed by atoms with E-state index in [4.69, 9.17) is 4.74 Å². The van der Waals surface area contributed by atoms with Gasteiger partial charge >= 0.3 is 11.9 Å². The minimum atomic E-state index is -0.903. The van der Waals surface area contributed by atoms with Gasteiger partial charge in [0.1, 0.15) is 5.75 Å². The lowest BCUT2D eigenvalue weighted by Crippen LogP contribution is -2.20. The number of carboxylic acids is 2. The largest absolute Gasteiger partial charge is 0.494 e. The van der Waals surface area contributed by atoms with Crippen LogP contribution in [0.15, 0.2) is 18.2 Å². The number of carboxylic acid groups (broad SMARTS) is 2. The number of ether oxygens (including phenoxy) is 1. The zero-order valence-electron chi connectivity index (χ0n) is 22.9. The first-order valence-electron chi connectivity index (χ1n) is 13.9. The maximum atomic E-state index is 12.3. The van der Waals surface area contributed by atoms with E-state index >= 15 is 0 Å². The molecule has 2 atom stereocenters. The SMILES string of the molecule is CCCCCCCCCCOc1ccc(C(CCC(C)C)C(=O)O)c(C(CCC(C)C)C(=O)O)c1. The van der Waals surface area contributed by atoms with Crippen molar-refractivity contribution in [2.24, 2.45) is 11.8 Å². The second-order valence-electron chi connectivity index (χ2n) is 10.8. The second-order valence-corrected chi connectivity index (χ2v) is 10.8. The smallest absolute Gasteiger partial charge is 0.310 e. The number of hydrogen-bond acceptors (Lipinski definition) is 3. The average Bonchev–Trinajstić information content (AvgIpc) is 2.78. The number of benzene rings is 1. The highest BCUT2D eigenvalue weighted by Crippen LogP contribution is 2.36. The molecule has 0 aromatic heterocycles. The molecule has 5 heteroatoms. The highest BCUT2D eigenvalue weighted by atomic mass is 16.5. The lowest BCUT2D eigenvalue weighted by Gasteiger charge is -2.23. The molecule has 35 heavy (non-hydrogen) atoms. The molecule has 0 spiro atoms. The summed E-state index contributed by atoms with van der Waals surface area (Å²) < 4.78 is 6.00. The zero-order chi connectivity index (χ0) is 26.2. The highest BCUT2D eigenvalue weighted by molar-refractivity contribution is 5.81. The molecule has 200 valence electrons. The van der Waals surface area contributed by atoms with E-state index < -0.39 is 23.8 Å². The summed E-state index contributed by atoms with van der Waals surface area (Å²) >= 11 is 0. The van der Waals surface area contributed by atoms with E-state index in [0.29, 0.717) is 48.2 Å². The van der Waals surface area contributed by atoms with Crippen LogP contribution in [0.25, 0.3) is 0 Å². The van der Waals surface area contributed by atoms with Crippen LogP contribution in [0, 0.1) is 11.8 Å². The van der Waals surface area contributed by atoms with Gasteiger partial charge in [0.05, 0.1) is 18.4 Å². The Morgan fingerprint density at radius 1 is 0.714 bits per heavy atom. The predicted octanol–water partition coefficient (Wildman–Crippen LogP) is 8.41. The van der Waals surface area contributed by atoms with Gasteiger partial charge in [-0.1, -0.05) is 85.6 Å². The minimum absolute atomic E-state index is 0.373. The number of hydrogen-bond donors (Lipinski definition) is 2. The van der Waals surface area contributed by atoms with E-state index in [1.165, 1.54) is 38.5 Å². The summed E-state index contributed by atoms with van der Waals surface area (Å²) in [4.78, 5) is 24.5. The molecule has 5 nitrogen and oxygen atoms in total. The van der Waals surface area contributed by atoms with Crippen molar-refractivity contribution in [1.82, 2.24) is 0 Å². The summed E-state index contributed by atoms with van der Waals surface area (Å²) in [6.07, 6.45) is 12.3. The van der Waals surface area contributed by atoms with Crippen molar-refractivity contribution in [2.45, 2.75) is 124 Å². The topological polar surface area (TPSA) is 83.8 Å². The van der Waals surface area contributed by atoms with Gasteiger partial charge in [0, 0.05) is 0 Å². The van der Waals surface area contributed by atoms with E-state index in [1.54, 1.807) is 12.1 Å². The Morgan fingerprint density at radius 3 is 1.69 bits per heavy atom. The molecule has 1 rings (SSSR count). The number of aliphatic carboxylic acids is 2. The number of rotatable bonds is 20. The van der Waals surface area contributed by atoms with E-state index in [9.17, 15) is 19.8 Å². The van der Waals surface area contributed by atoms with Gasteiger partial charge in [-0.15, -0.1) is 0 Å². The Bertz CT molecular complexity index is 740. The lowest BCUT2D eigenvalue weighted by molar-refractivity contribution is -0.140. The normalized spacial score (nSPS) is 13.2. The first kappa shape index (κ1) is 31.0. The molecule has 0 saturated heterocycles. The van der Waals surface area contributed by atoms with Crippen LogP contribution in [0.1, 0.15) is 135 Å². The molecular formula is C30H50O5. The van der Waals surface area contributed by atoms with Gasteiger partial charge < -0.3 is 14.9 Å². The number of unbranched alkanes of at least 4 members (excludes halogenated alkanes) is 7. The fourth-order valence-electron chi connectivity index (χ4n) is 4.51. The Hall–Kier alpha value is -2.04. The standard InChI is InChI=1S/C30H50O5/c1-6-7-8-9-10-11-12-13-20-35-24-16-19-25(26(29(31)32)17-14-22(2)3)28(21-24)27(30(33)34)18-15-23(4)5/h16,19,21-23,26-27H,6-15,17-18,20H2,1-5H3,(H,31,32)(H,33,34). The number of carbonyl (C=O) groups is 2. The maximum Gasteiger partial charge on any atom is 0.310 e. The zero-order valence-corrected chi connectivity index (χ0v) is 22.9. The third kappa shape index (κ3) is 12.5. The third-order valence-corrected chi connectivity index (χ3v) is 6.74. The Balaban J connectivity index is 2.99.